The topological polar surface area (TPSA) is 95.9 Å². The molecule has 0 aromatic rings. The van der Waals surface area contributed by atoms with Gasteiger partial charge in [0.05, 0.1) is 25.4 Å². The molecule has 0 radical (unpaired) electrons. The van der Waals surface area contributed by atoms with Gasteiger partial charge in [-0.3, -0.25) is 9.59 Å². The first-order valence-electron chi connectivity index (χ1n) is 28.1. The van der Waals surface area contributed by atoms with E-state index in [1.54, 1.807) is 6.08 Å². The number of aliphatic hydroxyl groups is 2. The Kier molecular flexibility index (Phi) is 51.6. The molecule has 2 atom stereocenters. The van der Waals surface area contributed by atoms with E-state index < -0.39 is 12.1 Å². The number of aliphatic hydroxyl groups excluding tert-OH is 2. The molecule has 1 amide bonds. The number of ether oxygens (including phenoxy) is 1. The van der Waals surface area contributed by atoms with Gasteiger partial charge in [0.15, 0.2) is 0 Å². The number of hydrogen-bond acceptors (Lipinski definition) is 5. The molecule has 0 heterocycles. The molecule has 6 heteroatoms. The monoisotopic (exact) mass is 888 g/mol. The third-order valence-electron chi connectivity index (χ3n) is 13.0. The Balaban J connectivity index is 3.48. The predicted octanol–water partition coefficient (Wildman–Crippen LogP) is 17.1. The number of hydrogen-bond donors (Lipinski definition) is 3. The predicted molar refractivity (Wildman–Crippen MR) is 273 cm³/mol. The van der Waals surface area contributed by atoms with Gasteiger partial charge in [0, 0.05) is 12.8 Å². The second-order valence-corrected chi connectivity index (χ2v) is 19.3. The fraction of sp³-hybridized carbons (Fsp3) is 0.895. The minimum absolute atomic E-state index is 0.00285. The quantitative estimate of drug-likeness (QED) is 0.0321. The zero-order valence-electron chi connectivity index (χ0n) is 42.3. The van der Waals surface area contributed by atoms with Crippen molar-refractivity contribution in [3.8, 4) is 0 Å². The molecule has 3 N–H and O–H groups in total. The van der Waals surface area contributed by atoms with E-state index in [9.17, 15) is 19.8 Å². The Morgan fingerprint density at radius 2 is 0.746 bits per heavy atom. The maximum absolute atomic E-state index is 12.4. The summed E-state index contributed by atoms with van der Waals surface area (Å²) in [6.45, 7) is 4.89. The number of unbranched alkanes of at least 4 members (excludes halogenated alkanes) is 39. The third-order valence-corrected chi connectivity index (χ3v) is 13.0. The van der Waals surface area contributed by atoms with Crippen molar-refractivity contribution in [2.24, 2.45) is 0 Å². The summed E-state index contributed by atoms with van der Waals surface area (Å²) in [5, 5.41) is 23.1. The van der Waals surface area contributed by atoms with E-state index in [4.69, 9.17) is 4.74 Å². The molecule has 63 heavy (non-hydrogen) atoms. The molecular formula is C57H109NO5. The van der Waals surface area contributed by atoms with E-state index in [2.05, 4.69) is 31.3 Å². The molecule has 0 aliphatic heterocycles. The van der Waals surface area contributed by atoms with Crippen LogP contribution in [-0.4, -0.2) is 47.4 Å². The van der Waals surface area contributed by atoms with Gasteiger partial charge < -0.3 is 20.3 Å². The standard InChI is InChI=1S/C57H109NO5/c1-3-5-7-9-11-13-15-16-17-23-26-30-33-37-41-45-49-55(60)54(53-59)58-56(61)50-46-42-38-34-31-27-24-21-19-18-20-22-25-28-32-36-40-44-48-52-63-57(62)51-47-43-39-35-29-14-12-10-8-6-4-2/h18-19,45,49,54-55,59-60H,3-17,20-44,46-48,50-53H2,1-2H3,(H,58,61)/b19-18-,49-45+. The number of carbonyl (C=O) groups is 2. The van der Waals surface area contributed by atoms with Crippen LogP contribution in [-0.2, 0) is 14.3 Å². The number of carbonyl (C=O) groups excluding carboxylic acids is 2. The normalized spacial score (nSPS) is 12.8. The largest absolute Gasteiger partial charge is 0.466 e. The van der Waals surface area contributed by atoms with Crippen molar-refractivity contribution in [1.82, 2.24) is 5.32 Å². The second-order valence-electron chi connectivity index (χ2n) is 19.3. The fourth-order valence-electron chi connectivity index (χ4n) is 8.63. The van der Waals surface area contributed by atoms with Crippen molar-refractivity contribution in [2.75, 3.05) is 13.2 Å². The minimum atomic E-state index is -0.850. The average molecular weight is 889 g/mol. The number of allylic oxidation sites excluding steroid dienone is 3. The highest BCUT2D eigenvalue weighted by Crippen LogP contribution is 2.16. The van der Waals surface area contributed by atoms with Crippen LogP contribution in [0.5, 0.6) is 0 Å². The van der Waals surface area contributed by atoms with Crippen molar-refractivity contribution < 1.29 is 24.5 Å². The van der Waals surface area contributed by atoms with E-state index in [1.807, 2.05) is 6.08 Å². The van der Waals surface area contributed by atoms with Crippen molar-refractivity contribution in [3.63, 3.8) is 0 Å². The summed E-state index contributed by atoms with van der Waals surface area (Å²) < 4.78 is 5.45. The van der Waals surface area contributed by atoms with Crippen LogP contribution in [0.1, 0.15) is 303 Å². The Hall–Kier alpha value is -1.66. The summed E-state index contributed by atoms with van der Waals surface area (Å²) in [6, 6.07) is -0.634. The average Bonchev–Trinajstić information content (AvgIpc) is 3.28. The van der Waals surface area contributed by atoms with Gasteiger partial charge in [-0.2, -0.15) is 0 Å². The summed E-state index contributed by atoms with van der Waals surface area (Å²) in [6.07, 6.45) is 63.3. The maximum Gasteiger partial charge on any atom is 0.305 e. The second kappa shape index (κ2) is 53.0. The molecule has 0 fully saturated rings. The van der Waals surface area contributed by atoms with Crippen LogP contribution in [0.2, 0.25) is 0 Å². The van der Waals surface area contributed by atoms with E-state index >= 15 is 0 Å². The Morgan fingerprint density at radius 3 is 1.13 bits per heavy atom. The Bertz CT molecular complexity index is 982. The maximum atomic E-state index is 12.4. The van der Waals surface area contributed by atoms with Gasteiger partial charge in [-0.1, -0.05) is 256 Å². The third kappa shape index (κ3) is 49.6. The Morgan fingerprint density at radius 1 is 0.429 bits per heavy atom. The van der Waals surface area contributed by atoms with Gasteiger partial charge in [-0.05, 0) is 57.8 Å². The van der Waals surface area contributed by atoms with Crippen LogP contribution in [0.4, 0.5) is 0 Å². The molecular weight excluding hydrogens is 779 g/mol. The molecule has 0 aliphatic rings. The first kappa shape index (κ1) is 61.3. The van der Waals surface area contributed by atoms with Crippen LogP contribution in [0.25, 0.3) is 0 Å². The van der Waals surface area contributed by atoms with Crippen molar-refractivity contribution in [2.45, 2.75) is 315 Å². The number of nitrogens with one attached hydrogen (secondary N) is 1. The van der Waals surface area contributed by atoms with Crippen molar-refractivity contribution >= 4 is 11.9 Å². The number of rotatable bonds is 52. The fourth-order valence-corrected chi connectivity index (χ4v) is 8.63. The molecule has 0 saturated carbocycles. The smallest absolute Gasteiger partial charge is 0.305 e. The van der Waals surface area contributed by atoms with Crippen molar-refractivity contribution in [3.05, 3.63) is 24.3 Å². The molecule has 0 aromatic heterocycles. The molecule has 372 valence electrons. The van der Waals surface area contributed by atoms with Gasteiger partial charge in [0.25, 0.3) is 0 Å². The summed E-state index contributed by atoms with van der Waals surface area (Å²) in [4.78, 5) is 24.4. The van der Waals surface area contributed by atoms with Crippen LogP contribution in [0, 0.1) is 0 Å². The lowest BCUT2D eigenvalue weighted by Gasteiger charge is -2.20. The molecule has 6 nitrogen and oxygen atoms in total. The highest BCUT2D eigenvalue weighted by atomic mass is 16.5. The lowest BCUT2D eigenvalue weighted by atomic mass is 10.0. The lowest BCUT2D eigenvalue weighted by molar-refractivity contribution is -0.143. The Labute approximate surface area is 392 Å². The molecule has 2 unspecified atom stereocenters. The molecule has 0 saturated heterocycles. The highest BCUT2D eigenvalue weighted by Gasteiger charge is 2.18. The van der Waals surface area contributed by atoms with E-state index in [0.29, 0.717) is 19.4 Å². The van der Waals surface area contributed by atoms with Crippen LogP contribution in [0.15, 0.2) is 24.3 Å². The summed E-state index contributed by atoms with van der Waals surface area (Å²) in [5.74, 6) is -0.0735. The molecule has 0 bridgehead atoms. The van der Waals surface area contributed by atoms with Gasteiger partial charge in [0.1, 0.15) is 0 Å². The van der Waals surface area contributed by atoms with Crippen LogP contribution >= 0.6 is 0 Å². The number of amides is 1. The van der Waals surface area contributed by atoms with E-state index in [1.165, 1.54) is 225 Å². The summed E-state index contributed by atoms with van der Waals surface area (Å²) >= 11 is 0. The van der Waals surface area contributed by atoms with Gasteiger partial charge in [-0.15, -0.1) is 0 Å². The lowest BCUT2D eigenvalue weighted by Crippen LogP contribution is -2.45. The summed E-state index contributed by atoms with van der Waals surface area (Å²) in [7, 11) is 0. The first-order valence-corrected chi connectivity index (χ1v) is 28.1. The van der Waals surface area contributed by atoms with Crippen LogP contribution < -0.4 is 5.32 Å². The first-order chi connectivity index (χ1) is 31.0. The molecule has 0 spiro atoms. The molecule has 0 aromatic carbocycles. The van der Waals surface area contributed by atoms with Gasteiger partial charge in [0.2, 0.25) is 5.91 Å². The van der Waals surface area contributed by atoms with E-state index in [-0.39, 0.29) is 18.5 Å². The minimum Gasteiger partial charge on any atom is -0.466 e. The molecule has 0 rings (SSSR count). The van der Waals surface area contributed by atoms with Crippen LogP contribution in [0.3, 0.4) is 0 Å². The SMILES string of the molecule is CCCCCCCCCCCCCCCC/C=C/C(O)C(CO)NC(=O)CCCCCCCCC/C=C\CCCCCCCCCCOC(=O)CCCCCCCCCCCCC. The number of esters is 1. The summed E-state index contributed by atoms with van der Waals surface area (Å²) in [5.41, 5.74) is 0. The zero-order valence-corrected chi connectivity index (χ0v) is 42.3. The highest BCUT2D eigenvalue weighted by molar-refractivity contribution is 5.76. The molecule has 0 aliphatic carbocycles. The van der Waals surface area contributed by atoms with E-state index in [0.717, 1.165) is 51.4 Å². The van der Waals surface area contributed by atoms with Gasteiger partial charge in [-0.25, -0.2) is 0 Å². The van der Waals surface area contributed by atoms with Crippen molar-refractivity contribution in [1.29, 1.82) is 0 Å². The van der Waals surface area contributed by atoms with Gasteiger partial charge >= 0.3 is 5.97 Å². The zero-order chi connectivity index (χ0) is 45.8.